The Hall–Kier alpha value is 1.95. The number of nitrogens with zero attached hydrogens (tertiary/aromatic N) is 2. The Labute approximate surface area is 257 Å². The maximum atomic E-state index is 4.52. The van der Waals surface area contributed by atoms with E-state index < -0.39 is 0 Å². The SMILES string of the molecule is CC(C)(C)c1ccc(C(C)(C)C)nc1.CC(C)(C)c1ccc(C(C)(C)C)nc1.II.I[I-]I. The molecule has 0 aliphatic rings. The Morgan fingerprint density at radius 1 is 0.515 bits per heavy atom. The summed E-state index contributed by atoms with van der Waals surface area (Å²) in [6, 6.07) is 8.66. The predicted molar refractivity (Wildman–Crippen MR) is 179 cm³/mol. The van der Waals surface area contributed by atoms with E-state index in [1.165, 1.54) is 11.1 Å². The Balaban J connectivity index is 0. The average molecular weight is 1020 g/mol. The molecule has 0 N–H and O–H groups in total. The van der Waals surface area contributed by atoms with Gasteiger partial charge in [0.15, 0.2) is 0 Å². The molecule has 2 nitrogen and oxygen atoms in total. The molecule has 2 heterocycles. The van der Waals surface area contributed by atoms with Gasteiger partial charge < -0.3 is 0 Å². The number of hydrogen-bond acceptors (Lipinski definition) is 2. The predicted octanol–water partition coefficient (Wildman–Crippen LogP) is 7.90. The van der Waals surface area contributed by atoms with Crippen LogP contribution in [0, 0.1) is 0 Å². The van der Waals surface area contributed by atoms with Crippen LogP contribution in [-0.2, 0) is 21.7 Å². The van der Waals surface area contributed by atoms with Crippen LogP contribution >= 0.6 is 74.5 Å². The van der Waals surface area contributed by atoms with Crippen molar-refractivity contribution in [1.82, 2.24) is 9.97 Å². The monoisotopic (exact) mass is 1020 g/mol. The van der Waals surface area contributed by atoms with Crippen LogP contribution in [0.4, 0.5) is 0 Å². The Bertz CT molecular complexity index is 628. The molecule has 2 aromatic rings. The van der Waals surface area contributed by atoms with Gasteiger partial charge in [0.2, 0.25) is 0 Å². The number of halogens is 5. The summed E-state index contributed by atoms with van der Waals surface area (Å²) >= 11 is 9.54. The molecule has 0 atom stereocenters. The summed E-state index contributed by atoms with van der Waals surface area (Å²) in [5, 5.41) is 0. The van der Waals surface area contributed by atoms with Gasteiger partial charge in [0.1, 0.15) is 0 Å². The number of hydrogen-bond donors (Lipinski definition) is 0. The van der Waals surface area contributed by atoms with Crippen molar-refractivity contribution in [2.24, 2.45) is 0 Å². The molecule has 0 spiro atoms. The van der Waals surface area contributed by atoms with Crippen LogP contribution in [-0.4, -0.2) is 9.97 Å². The molecule has 0 bridgehead atoms. The summed E-state index contributed by atoms with van der Waals surface area (Å²) in [5.74, 6) is 0. The van der Waals surface area contributed by atoms with E-state index in [0.717, 1.165) is 11.4 Å². The van der Waals surface area contributed by atoms with Crippen molar-refractivity contribution in [2.75, 3.05) is 0 Å². The van der Waals surface area contributed by atoms with E-state index in [4.69, 9.17) is 0 Å². The Kier molecular flexibility index (Phi) is 18.8. The molecular weight excluding hydrogens is 975 g/mol. The summed E-state index contributed by atoms with van der Waals surface area (Å²) in [6.45, 7) is 26.4. The first-order valence-corrected chi connectivity index (χ1v) is 29.6. The van der Waals surface area contributed by atoms with Crippen molar-refractivity contribution >= 4 is 74.5 Å². The first kappa shape index (κ1) is 37.1. The first-order chi connectivity index (χ1) is 14.8. The standard InChI is InChI=1S/2C13H21N.I3.I2/c2*1-12(2,3)10-7-8-11(14-9-10)13(4,5)6;1-3-2;1-2/h2*7-9H,1-6H3;;/q;;-1;. The van der Waals surface area contributed by atoms with E-state index in [1.807, 2.05) is 12.4 Å². The third kappa shape index (κ3) is 16.4. The van der Waals surface area contributed by atoms with Crippen LogP contribution in [0.3, 0.4) is 0 Å². The second-order valence-corrected chi connectivity index (χ2v) is 28.2. The molecule has 0 aliphatic carbocycles. The van der Waals surface area contributed by atoms with Gasteiger partial charge in [-0.05, 0) is 34.1 Å². The van der Waals surface area contributed by atoms with Gasteiger partial charge in [0.25, 0.3) is 0 Å². The molecule has 7 heteroatoms. The van der Waals surface area contributed by atoms with Crippen molar-refractivity contribution in [3.63, 3.8) is 0 Å². The first-order valence-electron chi connectivity index (χ1n) is 10.8. The molecule has 0 amide bonds. The number of rotatable bonds is 0. The van der Waals surface area contributed by atoms with Gasteiger partial charge in [-0.1, -0.05) is 95.2 Å². The third-order valence-corrected chi connectivity index (χ3v) is 4.80. The Morgan fingerprint density at radius 3 is 0.879 bits per heavy atom. The van der Waals surface area contributed by atoms with Crippen molar-refractivity contribution in [3.8, 4) is 0 Å². The summed E-state index contributed by atoms with van der Waals surface area (Å²) in [7, 11) is 0. The summed E-state index contributed by atoms with van der Waals surface area (Å²) < 4.78 is 0. The molecule has 0 aromatic carbocycles. The van der Waals surface area contributed by atoms with Crippen LogP contribution in [0.5, 0.6) is 0 Å². The van der Waals surface area contributed by atoms with Gasteiger partial charge in [0.05, 0.1) is 0 Å². The van der Waals surface area contributed by atoms with Gasteiger partial charge in [-0.15, -0.1) is 0 Å². The molecule has 0 fully saturated rings. The minimum atomic E-state index is 0.149. The second-order valence-electron chi connectivity index (χ2n) is 11.9. The summed E-state index contributed by atoms with van der Waals surface area (Å²) in [4.78, 5) is 9.03. The van der Waals surface area contributed by atoms with E-state index in [2.05, 4.69) is 192 Å². The second kappa shape index (κ2) is 16.7. The van der Waals surface area contributed by atoms with E-state index in [-0.39, 0.29) is 21.7 Å². The maximum absolute atomic E-state index is 4.52. The molecular formula is C26H42I5N2-. The van der Waals surface area contributed by atoms with Crippen LogP contribution < -0.4 is 13.3 Å². The molecule has 0 unspecified atom stereocenters. The van der Waals surface area contributed by atoms with Gasteiger partial charge >= 0.3 is 50.5 Å². The fraction of sp³-hybridized carbons (Fsp3) is 0.615. The van der Waals surface area contributed by atoms with Gasteiger partial charge in [0, 0.05) is 71.8 Å². The molecule has 2 aromatic heterocycles. The third-order valence-electron chi connectivity index (χ3n) is 4.80. The summed E-state index contributed by atoms with van der Waals surface area (Å²) in [5.41, 5.74) is 5.60. The molecule has 33 heavy (non-hydrogen) atoms. The zero-order valence-corrected chi connectivity index (χ0v) is 33.0. The van der Waals surface area contributed by atoms with Crippen LogP contribution in [0.2, 0.25) is 0 Å². The van der Waals surface area contributed by atoms with E-state index in [0.29, 0.717) is 13.3 Å². The molecule has 0 radical (unpaired) electrons. The zero-order chi connectivity index (χ0) is 26.7. The van der Waals surface area contributed by atoms with Crippen molar-refractivity contribution in [2.45, 2.75) is 105 Å². The normalized spacial score (nSPS) is 11.9. The molecule has 0 aliphatic heterocycles. The average Bonchev–Trinajstić information content (AvgIpc) is 2.68. The van der Waals surface area contributed by atoms with Crippen molar-refractivity contribution < 1.29 is 13.3 Å². The fourth-order valence-corrected chi connectivity index (χ4v) is 2.56. The van der Waals surface area contributed by atoms with Crippen LogP contribution in [0.15, 0.2) is 36.7 Å². The van der Waals surface area contributed by atoms with E-state index in [1.54, 1.807) is 0 Å². The van der Waals surface area contributed by atoms with E-state index >= 15 is 0 Å². The summed E-state index contributed by atoms with van der Waals surface area (Å²) in [6.07, 6.45) is 4.00. The van der Waals surface area contributed by atoms with Crippen LogP contribution in [0.1, 0.15) is 106 Å². The van der Waals surface area contributed by atoms with Gasteiger partial charge in [-0.25, -0.2) is 0 Å². The fourth-order valence-electron chi connectivity index (χ4n) is 2.56. The minimum absolute atomic E-state index is 0.149. The Morgan fingerprint density at radius 2 is 0.758 bits per heavy atom. The topological polar surface area (TPSA) is 25.8 Å². The van der Waals surface area contributed by atoms with Crippen molar-refractivity contribution in [3.05, 3.63) is 59.2 Å². The molecule has 2 rings (SSSR count). The number of pyridine rings is 2. The number of aromatic nitrogens is 2. The zero-order valence-electron chi connectivity index (χ0n) is 22.2. The van der Waals surface area contributed by atoms with Gasteiger partial charge in [-0.2, -0.15) is 0 Å². The quantitative estimate of drug-likeness (QED) is 0.251. The molecule has 192 valence electrons. The van der Waals surface area contributed by atoms with Crippen LogP contribution in [0.25, 0.3) is 0 Å². The van der Waals surface area contributed by atoms with Gasteiger partial charge in [-0.3, -0.25) is 9.97 Å². The van der Waals surface area contributed by atoms with E-state index in [9.17, 15) is 0 Å². The van der Waals surface area contributed by atoms with Crippen molar-refractivity contribution in [1.29, 1.82) is 0 Å². The molecule has 0 saturated heterocycles. The molecule has 0 saturated carbocycles.